The summed E-state index contributed by atoms with van der Waals surface area (Å²) in [6.45, 7) is 2.37. The third-order valence-corrected chi connectivity index (χ3v) is 6.55. The third kappa shape index (κ3) is 5.10. The molecule has 7 nitrogen and oxygen atoms in total. The zero-order valence-electron chi connectivity index (χ0n) is 17.7. The number of amides is 1. The Morgan fingerprint density at radius 1 is 1.34 bits per heavy atom. The van der Waals surface area contributed by atoms with Gasteiger partial charge >= 0.3 is 0 Å². The fraction of sp³-hybridized carbons (Fsp3) is 0.455. The van der Waals surface area contributed by atoms with Crippen LogP contribution < -0.4 is 16.4 Å². The monoisotopic (exact) mass is 463 g/mol. The largest absolute Gasteiger partial charge is 0.405 e. The molecule has 2 unspecified atom stereocenters. The highest BCUT2D eigenvalue weighted by atomic mass is 31.0. The van der Waals surface area contributed by atoms with Crippen molar-refractivity contribution in [2.75, 3.05) is 32.8 Å². The van der Waals surface area contributed by atoms with Crippen molar-refractivity contribution in [3.8, 4) is 0 Å². The van der Waals surface area contributed by atoms with Gasteiger partial charge in [0.1, 0.15) is 28.5 Å². The Kier molecular flexibility index (Phi) is 6.76. The average Bonchev–Trinajstić information content (AvgIpc) is 2.73. The number of carbonyl (C=O) groups excluding carboxylic acids is 1. The number of nitrogens with two attached hydrogens (primary N) is 1. The molecule has 3 aliphatic heterocycles. The molecule has 3 heterocycles. The predicted molar refractivity (Wildman–Crippen MR) is 123 cm³/mol. The topological polar surface area (TPSA) is 92.0 Å². The lowest BCUT2D eigenvalue weighted by molar-refractivity contribution is -0.117. The number of benzene rings is 1. The van der Waals surface area contributed by atoms with Gasteiger partial charge in [-0.25, -0.2) is 13.8 Å². The number of rotatable bonds is 6. The van der Waals surface area contributed by atoms with E-state index in [1.807, 2.05) is 4.90 Å². The van der Waals surface area contributed by atoms with Crippen LogP contribution >= 0.6 is 9.24 Å². The molecular weight excluding hydrogens is 435 g/mol. The van der Waals surface area contributed by atoms with Crippen LogP contribution in [-0.4, -0.2) is 60.8 Å². The van der Waals surface area contributed by atoms with Crippen LogP contribution in [0.4, 0.5) is 8.78 Å². The predicted octanol–water partition coefficient (Wildman–Crippen LogP) is 1.74. The molecule has 1 aromatic carbocycles. The zero-order chi connectivity index (χ0) is 22.7. The summed E-state index contributed by atoms with van der Waals surface area (Å²) in [5.41, 5.74) is 7.07. The van der Waals surface area contributed by atoms with Gasteiger partial charge < -0.3 is 26.0 Å². The van der Waals surface area contributed by atoms with Gasteiger partial charge in [-0.15, -0.1) is 0 Å². The minimum atomic E-state index is -1.27. The summed E-state index contributed by atoms with van der Waals surface area (Å²) in [6, 6.07) is 5.72. The number of halogens is 2. The van der Waals surface area contributed by atoms with Crippen molar-refractivity contribution in [1.82, 2.24) is 15.5 Å². The van der Waals surface area contributed by atoms with Crippen molar-refractivity contribution in [3.05, 3.63) is 53.7 Å². The Balaban J connectivity index is 1.61. The van der Waals surface area contributed by atoms with Crippen LogP contribution in [0, 0.1) is 11.7 Å². The Labute approximate surface area is 188 Å². The van der Waals surface area contributed by atoms with Gasteiger partial charge in [-0.1, -0.05) is 9.24 Å². The lowest BCUT2D eigenvalue weighted by Crippen LogP contribution is -2.51. The fourth-order valence-corrected chi connectivity index (χ4v) is 4.18. The van der Waals surface area contributed by atoms with Crippen molar-refractivity contribution >= 4 is 26.6 Å². The molecule has 0 radical (unpaired) electrons. The second-order valence-electron chi connectivity index (χ2n) is 8.32. The summed E-state index contributed by atoms with van der Waals surface area (Å²) in [7, 11) is 2.29. The van der Waals surface area contributed by atoms with E-state index < -0.39 is 5.41 Å². The summed E-state index contributed by atoms with van der Waals surface area (Å²) in [5.74, 6) is 0.223. The average molecular weight is 463 g/mol. The molecule has 32 heavy (non-hydrogen) atoms. The van der Waals surface area contributed by atoms with E-state index in [4.69, 9.17) is 10.5 Å². The van der Waals surface area contributed by atoms with E-state index in [2.05, 4.69) is 24.9 Å². The second-order valence-corrected chi connectivity index (χ2v) is 9.35. The molecule has 0 aliphatic carbocycles. The van der Waals surface area contributed by atoms with Gasteiger partial charge in [-0.2, -0.15) is 0 Å². The molecule has 0 bridgehead atoms. The Morgan fingerprint density at radius 3 is 2.62 bits per heavy atom. The molecular formula is C22H28F2N5O2P. The van der Waals surface area contributed by atoms with Crippen LogP contribution in [0.3, 0.4) is 0 Å². The fourth-order valence-electron chi connectivity index (χ4n) is 3.92. The summed E-state index contributed by atoms with van der Waals surface area (Å²) >= 11 is 0. The van der Waals surface area contributed by atoms with Crippen molar-refractivity contribution in [1.29, 1.82) is 0 Å². The summed E-state index contributed by atoms with van der Waals surface area (Å²) in [5, 5.41) is 5.00. The zero-order valence-corrected chi connectivity index (χ0v) is 18.8. The molecule has 10 heteroatoms. The van der Waals surface area contributed by atoms with Crippen LogP contribution in [0.5, 0.6) is 0 Å². The first-order valence-electron chi connectivity index (χ1n) is 10.7. The number of aliphatic imine (C=N–C) groups is 1. The second kappa shape index (κ2) is 9.55. The molecule has 2 atom stereocenters. The number of piperidine rings is 1. The van der Waals surface area contributed by atoms with E-state index in [9.17, 15) is 13.6 Å². The SMILES string of the molecule is N/C=C\C(NC(=O)C1=NC(c2ccc(F)cc2)=C(N2CCC(F)(P)CC2)NC1)C1COC1. The van der Waals surface area contributed by atoms with E-state index >= 15 is 0 Å². The first-order valence-corrected chi connectivity index (χ1v) is 11.3. The molecule has 1 aromatic rings. The molecule has 1 amide bonds. The van der Waals surface area contributed by atoms with Crippen molar-refractivity contribution in [2.45, 2.75) is 24.3 Å². The summed E-state index contributed by atoms with van der Waals surface area (Å²) in [4.78, 5) is 19.7. The normalized spacial score (nSPS) is 22.2. The van der Waals surface area contributed by atoms with Gasteiger partial charge in [0, 0.05) is 37.4 Å². The maximum absolute atomic E-state index is 14.3. The lowest BCUT2D eigenvalue weighted by Gasteiger charge is -2.38. The molecule has 2 saturated heterocycles. The number of hydrogen-bond donors (Lipinski definition) is 3. The third-order valence-electron chi connectivity index (χ3n) is 5.97. The highest BCUT2D eigenvalue weighted by Crippen LogP contribution is 2.35. The minimum absolute atomic E-state index is 0.166. The van der Waals surface area contributed by atoms with Crippen molar-refractivity contribution < 1.29 is 18.3 Å². The molecule has 0 saturated carbocycles. The van der Waals surface area contributed by atoms with E-state index in [1.165, 1.54) is 18.3 Å². The van der Waals surface area contributed by atoms with Crippen LogP contribution in [0.1, 0.15) is 18.4 Å². The van der Waals surface area contributed by atoms with Crippen LogP contribution in [-0.2, 0) is 9.53 Å². The first-order chi connectivity index (χ1) is 15.4. The maximum Gasteiger partial charge on any atom is 0.268 e. The Bertz CT molecular complexity index is 934. The molecule has 2 fully saturated rings. The quantitative estimate of drug-likeness (QED) is 0.559. The highest BCUT2D eigenvalue weighted by Gasteiger charge is 2.34. The molecule has 0 aromatic heterocycles. The van der Waals surface area contributed by atoms with Crippen LogP contribution in [0.25, 0.3) is 5.70 Å². The smallest absolute Gasteiger partial charge is 0.268 e. The number of alkyl halides is 1. The molecule has 4 N–H and O–H groups in total. The highest BCUT2D eigenvalue weighted by molar-refractivity contribution is 7.18. The molecule has 0 spiro atoms. The first kappa shape index (κ1) is 22.7. The molecule has 4 rings (SSSR count). The lowest BCUT2D eigenvalue weighted by atomic mass is 9.97. The molecule has 3 aliphatic rings. The summed E-state index contributed by atoms with van der Waals surface area (Å²) < 4.78 is 33.0. The van der Waals surface area contributed by atoms with Crippen LogP contribution in [0.2, 0.25) is 0 Å². The van der Waals surface area contributed by atoms with Crippen LogP contribution in [0.15, 0.2) is 47.4 Å². The van der Waals surface area contributed by atoms with Gasteiger partial charge in [-0.3, -0.25) is 4.79 Å². The summed E-state index contributed by atoms with van der Waals surface area (Å²) in [6.07, 6.45) is 3.89. The number of nitrogens with one attached hydrogen (secondary N) is 2. The van der Waals surface area contributed by atoms with Crippen molar-refractivity contribution in [2.24, 2.45) is 16.6 Å². The van der Waals surface area contributed by atoms with Crippen molar-refractivity contribution in [3.63, 3.8) is 0 Å². The van der Waals surface area contributed by atoms with E-state index in [0.29, 0.717) is 56.1 Å². The Hall–Kier alpha value is -2.51. The van der Waals surface area contributed by atoms with Gasteiger partial charge in [-0.05, 0) is 36.5 Å². The number of carbonyl (C=O) groups is 1. The maximum atomic E-state index is 14.3. The van der Waals surface area contributed by atoms with E-state index in [0.717, 1.165) is 5.82 Å². The standard InChI is InChI=1S/C22H28F2N5O2P/c23-16-3-1-14(2-4-16)19-20(29-9-6-22(24,32)7-10-29)26-11-18(27-19)21(30)28-17(5-8-25)15-12-31-13-15/h1-5,8,15,17,26H,6-7,9-13,25,32H2,(H,28,30)/b8-5-. The Morgan fingerprint density at radius 2 is 2.03 bits per heavy atom. The minimum Gasteiger partial charge on any atom is -0.405 e. The van der Waals surface area contributed by atoms with E-state index in [-0.39, 0.29) is 30.2 Å². The van der Waals surface area contributed by atoms with Gasteiger partial charge in [0.05, 0.1) is 25.8 Å². The number of nitrogens with zero attached hydrogens (tertiary/aromatic N) is 2. The number of hydrogen-bond acceptors (Lipinski definition) is 6. The number of ether oxygens (including phenoxy) is 1. The van der Waals surface area contributed by atoms with Gasteiger partial charge in [0.2, 0.25) is 0 Å². The van der Waals surface area contributed by atoms with Gasteiger partial charge in [0.15, 0.2) is 0 Å². The van der Waals surface area contributed by atoms with E-state index in [1.54, 1.807) is 18.2 Å². The van der Waals surface area contributed by atoms with Gasteiger partial charge in [0.25, 0.3) is 5.91 Å². The number of likely N-dealkylation sites (tertiary alicyclic amines) is 1. The molecule has 172 valence electrons.